The van der Waals surface area contributed by atoms with Crippen LogP contribution < -0.4 is 4.74 Å². The molecule has 0 unspecified atom stereocenters. The maximum Gasteiger partial charge on any atom is 0.225 e. The number of ether oxygens (including phenoxy) is 1. The first-order valence-electron chi connectivity index (χ1n) is 6.12. The topological polar surface area (TPSA) is 35.0 Å². The third-order valence-corrected chi connectivity index (χ3v) is 3.55. The summed E-state index contributed by atoms with van der Waals surface area (Å²) >= 11 is 5.81. The summed E-state index contributed by atoms with van der Waals surface area (Å²) in [7, 11) is 0. The third-order valence-electron chi connectivity index (χ3n) is 3.38. The van der Waals surface area contributed by atoms with Crippen molar-refractivity contribution >= 4 is 11.6 Å². The molecule has 0 N–H and O–H groups in total. The van der Waals surface area contributed by atoms with Crippen molar-refractivity contribution in [3.8, 4) is 5.88 Å². The molecule has 0 bridgehead atoms. The van der Waals surface area contributed by atoms with Crippen LogP contribution >= 0.6 is 11.6 Å². The molecule has 1 heterocycles. The first-order chi connectivity index (χ1) is 7.94. The Kier molecular flexibility index (Phi) is 3.57. The van der Waals surface area contributed by atoms with Crippen LogP contribution in [0.1, 0.15) is 45.2 Å². The molecule has 0 saturated heterocycles. The Balaban J connectivity index is 1.97. The number of hydrogen-bond acceptors (Lipinski definition) is 3. The zero-order chi connectivity index (χ0) is 12.5. The maximum atomic E-state index is 5.87. The molecule has 17 heavy (non-hydrogen) atoms. The number of aromatic nitrogens is 2. The van der Waals surface area contributed by atoms with E-state index in [1.54, 1.807) is 0 Å². The van der Waals surface area contributed by atoms with Crippen molar-refractivity contribution in [3.05, 3.63) is 17.0 Å². The maximum absolute atomic E-state index is 5.87. The summed E-state index contributed by atoms with van der Waals surface area (Å²) in [4.78, 5) is 8.12. The number of nitrogens with zero attached hydrogens (tertiary/aromatic N) is 2. The molecular weight excluding hydrogens is 236 g/mol. The Bertz CT molecular complexity index is 376. The van der Waals surface area contributed by atoms with E-state index in [1.165, 1.54) is 12.8 Å². The van der Waals surface area contributed by atoms with Crippen molar-refractivity contribution in [2.45, 2.75) is 52.6 Å². The molecule has 1 aromatic heterocycles. The van der Waals surface area contributed by atoms with Crippen molar-refractivity contribution in [2.75, 3.05) is 0 Å². The molecule has 0 amide bonds. The summed E-state index contributed by atoms with van der Waals surface area (Å²) in [6, 6.07) is 1.84. The van der Waals surface area contributed by atoms with Gasteiger partial charge in [0.15, 0.2) is 0 Å². The lowest BCUT2D eigenvalue weighted by atomic mass is 9.76. The SMILES string of the molecule is Cc1cc(OC2CCC(C)(C)CC2)nc(Cl)n1. The van der Waals surface area contributed by atoms with Crippen LogP contribution in [0.4, 0.5) is 0 Å². The van der Waals surface area contributed by atoms with Crippen molar-refractivity contribution < 1.29 is 4.74 Å². The van der Waals surface area contributed by atoms with E-state index in [4.69, 9.17) is 16.3 Å². The molecule has 1 aliphatic rings. The molecule has 4 heteroatoms. The molecule has 3 nitrogen and oxygen atoms in total. The molecule has 0 atom stereocenters. The van der Waals surface area contributed by atoms with Crippen molar-refractivity contribution in [1.29, 1.82) is 0 Å². The molecule has 94 valence electrons. The smallest absolute Gasteiger partial charge is 0.225 e. The van der Waals surface area contributed by atoms with Gasteiger partial charge in [0.05, 0.1) is 0 Å². The van der Waals surface area contributed by atoms with E-state index in [0.717, 1.165) is 18.5 Å². The minimum Gasteiger partial charge on any atom is -0.474 e. The molecule has 1 aliphatic carbocycles. The van der Waals surface area contributed by atoms with Gasteiger partial charge in [0.25, 0.3) is 0 Å². The zero-order valence-electron chi connectivity index (χ0n) is 10.7. The quantitative estimate of drug-likeness (QED) is 0.754. The largest absolute Gasteiger partial charge is 0.474 e. The molecular formula is C13H19ClN2O. The molecule has 2 rings (SSSR count). The Morgan fingerprint density at radius 3 is 2.53 bits per heavy atom. The van der Waals surface area contributed by atoms with Crippen LogP contribution in [0.3, 0.4) is 0 Å². The van der Waals surface area contributed by atoms with E-state index in [-0.39, 0.29) is 11.4 Å². The number of aryl methyl sites for hydroxylation is 1. The number of hydrogen-bond donors (Lipinski definition) is 0. The third kappa shape index (κ3) is 3.56. The highest BCUT2D eigenvalue weighted by Crippen LogP contribution is 2.36. The standard InChI is InChI=1S/C13H19ClN2O/c1-9-8-11(16-12(14)15-9)17-10-4-6-13(2,3)7-5-10/h8,10H,4-7H2,1-3H3. The lowest BCUT2D eigenvalue weighted by Gasteiger charge is -2.34. The molecule has 0 aromatic carbocycles. The van der Waals surface area contributed by atoms with Gasteiger partial charge in [-0.2, -0.15) is 4.98 Å². The summed E-state index contributed by atoms with van der Waals surface area (Å²) < 4.78 is 5.87. The van der Waals surface area contributed by atoms with E-state index in [0.29, 0.717) is 11.3 Å². The molecule has 0 spiro atoms. The van der Waals surface area contributed by atoms with Crippen molar-refractivity contribution in [3.63, 3.8) is 0 Å². The Hall–Kier alpha value is -0.830. The summed E-state index contributed by atoms with van der Waals surface area (Å²) in [5, 5.41) is 0.260. The van der Waals surface area contributed by atoms with Gasteiger partial charge in [-0.15, -0.1) is 0 Å². The Morgan fingerprint density at radius 2 is 1.94 bits per heavy atom. The molecule has 1 saturated carbocycles. The number of rotatable bonds is 2. The minimum atomic E-state index is 0.260. The summed E-state index contributed by atoms with van der Waals surface area (Å²) in [5.41, 5.74) is 1.30. The second kappa shape index (κ2) is 4.81. The molecule has 1 aromatic rings. The predicted molar refractivity (Wildman–Crippen MR) is 68.4 cm³/mol. The van der Waals surface area contributed by atoms with Crippen molar-refractivity contribution in [1.82, 2.24) is 9.97 Å². The van der Waals surface area contributed by atoms with E-state index in [1.807, 2.05) is 13.0 Å². The minimum absolute atomic E-state index is 0.260. The van der Waals surface area contributed by atoms with Crippen LogP contribution in [0.5, 0.6) is 5.88 Å². The van der Waals surface area contributed by atoms with E-state index >= 15 is 0 Å². The van der Waals surface area contributed by atoms with Gasteiger partial charge < -0.3 is 4.74 Å². The van der Waals surface area contributed by atoms with Crippen LogP contribution in [-0.4, -0.2) is 16.1 Å². The van der Waals surface area contributed by atoms with Gasteiger partial charge in [0, 0.05) is 11.8 Å². The van der Waals surface area contributed by atoms with Gasteiger partial charge in [-0.05, 0) is 49.6 Å². The van der Waals surface area contributed by atoms with Crippen LogP contribution in [0.2, 0.25) is 5.28 Å². The molecule has 0 aliphatic heterocycles. The van der Waals surface area contributed by atoms with Gasteiger partial charge in [-0.1, -0.05) is 13.8 Å². The Labute approximate surface area is 108 Å². The van der Waals surface area contributed by atoms with E-state index < -0.39 is 0 Å². The van der Waals surface area contributed by atoms with Crippen LogP contribution in [0, 0.1) is 12.3 Å². The molecule has 1 fully saturated rings. The van der Waals surface area contributed by atoms with Gasteiger partial charge in [0.1, 0.15) is 6.10 Å². The fourth-order valence-corrected chi connectivity index (χ4v) is 2.44. The number of halogens is 1. The van der Waals surface area contributed by atoms with Gasteiger partial charge in [-0.25, -0.2) is 4.98 Å². The van der Waals surface area contributed by atoms with Gasteiger partial charge in [0.2, 0.25) is 11.2 Å². The first kappa shape index (κ1) is 12.6. The summed E-state index contributed by atoms with van der Waals surface area (Å²) in [5.74, 6) is 0.604. The molecule has 0 radical (unpaired) electrons. The fourth-order valence-electron chi connectivity index (χ4n) is 2.23. The highest BCUT2D eigenvalue weighted by molar-refractivity contribution is 6.28. The van der Waals surface area contributed by atoms with E-state index in [9.17, 15) is 0 Å². The monoisotopic (exact) mass is 254 g/mol. The lowest BCUT2D eigenvalue weighted by molar-refractivity contribution is 0.0947. The predicted octanol–water partition coefficient (Wildman–Crippen LogP) is 3.79. The van der Waals surface area contributed by atoms with Crippen LogP contribution in [-0.2, 0) is 0 Å². The van der Waals surface area contributed by atoms with Crippen LogP contribution in [0.25, 0.3) is 0 Å². The van der Waals surface area contributed by atoms with Gasteiger partial charge in [-0.3, -0.25) is 0 Å². The lowest BCUT2D eigenvalue weighted by Crippen LogP contribution is -2.28. The van der Waals surface area contributed by atoms with Crippen LogP contribution in [0.15, 0.2) is 6.07 Å². The Morgan fingerprint density at radius 1 is 1.29 bits per heavy atom. The normalized spacial score (nSPS) is 20.2. The highest BCUT2D eigenvalue weighted by Gasteiger charge is 2.28. The summed E-state index contributed by atoms with van der Waals surface area (Å²) in [6.45, 7) is 6.52. The van der Waals surface area contributed by atoms with Crippen molar-refractivity contribution in [2.24, 2.45) is 5.41 Å². The average Bonchev–Trinajstić information content (AvgIpc) is 2.20. The second-order valence-corrected chi connectivity index (χ2v) is 5.94. The second-order valence-electron chi connectivity index (χ2n) is 5.60. The average molecular weight is 255 g/mol. The van der Waals surface area contributed by atoms with E-state index in [2.05, 4.69) is 23.8 Å². The highest BCUT2D eigenvalue weighted by atomic mass is 35.5. The fraction of sp³-hybridized carbons (Fsp3) is 0.692. The van der Waals surface area contributed by atoms with Gasteiger partial charge >= 0.3 is 0 Å². The summed E-state index contributed by atoms with van der Waals surface area (Å²) in [6.07, 6.45) is 4.86. The zero-order valence-corrected chi connectivity index (χ0v) is 11.4. The first-order valence-corrected chi connectivity index (χ1v) is 6.50.